The molecule has 0 N–H and O–H groups in total. The van der Waals surface area contributed by atoms with Gasteiger partial charge in [-0.3, -0.25) is 4.79 Å². The van der Waals surface area contributed by atoms with Crippen LogP contribution in [-0.2, 0) is 0 Å². The van der Waals surface area contributed by atoms with Crippen LogP contribution in [-0.4, -0.2) is 12.5 Å². The van der Waals surface area contributed by atoms with Crippen LogP contribution in [0, 0.1) is 0 Å². The summed E-state index contributed by atoms with van der Waals surface area (Å²) in [6.07, 6.45) is 2.00. The van der Waals surface area contributed by atoms with E-state index in [4.69, 9.17) is 4.42 Å². The Kier molecular flexibility index (Phi) is 4.24. The fourth-order valence-corrected chi connectivity index (χ4v) is 2.49. The lowest BCUT2D eigenvalue weighted by Crippen LogP contribution is -2.31. The topological polar surface area (TPSA) is 33.5 Å². The lowest BCUT2D eigenvalue weighted by atomic mass is 10.2. The van der Waals surface area contributed by atoms with Crippen molar-refractivity contribution in [3.05, 3.63) is 66.4 Å². The molecule has 0 aliphatic heterocycles. The second kappa shape index (κ2) is 6.48. The molecule has 0 aliphatic carbocycles. The Balaban J connectivity index is 1.94. The molecule has 0 saturated carbocycles. The van der Waals surface area contributed by atoms with Gasteiger partial charge in [0.25, 0.3) is 5.91 Å². The van der Waals surface area contributed by atoms with Gasteiger partial charge in [-0.15, -0.1) is 0 Å². The zero-order valence-corrected chi connectivity index (χ0v) is 12.7. The third-order valence-corrected chi connectivity index (χ3v) is 3.68. The largest absolute Gasteiger partial charge is 0.451 e. The first-order valence-electron chi connectivity index (χ1n) is 7.65. The molecular formula is C19H19NO2. The Labute approximate surface area is 130 Å². The van der Waals surface area contributed by atoms with Crippen molar-refractivity contribution < 1.29 is 9.21 Å². The van der Waals surface area contributed by atoms with Crippen molar-refractivity contribution in [1.29, 1.82) is 0 Å². The Morgan fingerprint density at radius 2 is 1.77 bits per heavy atom. The third-order valence-electron chi connectivity index (χ3n) is 3.68. The molecule has 112 valence electrons. The highest BCUT2D eigenvalue weighted by atomic mass is 16.3. The third kappa shape index (κ3) is 2.89. The van der Waals surface area contributed by atoms with Crippen molar-refractivity contribution in [1.82, 2.24) is 0 Å². The summed E-state index contributed by atoms with van der Waals surface area (Å²) in [7, 11) is 0. The van der Waals surface area contributed by atoms with Crippen molar-refractivity contribution in [2.75, 3.05) is 11.4 Å². The van der Waals surface area contributed by atoms with E-state index in [0.717, 1.165) is 29.5 Å². The van der Waals surface area contributed by atoms with Crippen LogP contribution in [0.15, 0.2) is 65.1 Å². The van der Waals surface area contributed by atoms with Crippen molar-refractivity contribution in [3.8, 4) is 0 Å². The molecule has 1 aromatic heterocycles. The standard InChI is InChI=1S/C19H19NO2/c1-2-3-13-20(16-10-5-4-6-11-16)19(21)18-14-15-9-7-8-12-17(15)22-18/h4-12,14H,2-3,13H2,1H3. The molecule has 0 atom stereocenters. The number of rotatable bonds is 5. The first kappa shape index (κ1) is 14.4. The van der Waals surface area contributed by atoms with Gasteiger partial charge in [0.1, 0.15) is 5.58 Å². The van der Waals surface area contributed by atoms with Gasteiger partial charge in [-0.25, -0.2) is 0 Å². The molecule has 0 bridgehead atoms. The highest BCUT2D eigenvalue weighted by Gasteiger charge is 2.20. The number of benzene rings is 2. The number of anilines is 1. The van der Waals surface area contributed by atoms with Crippen LogP contribution in [0.3, 0.4) is 0 Å². The summed E-state index contributed by atoms with van der Waals surface area (Å²) in [5.74, 6) is 0.303. The normalized spacial score (nSPS) is 10.8. The molecule has 1 heterocycles. The van der Waals surface area contributed by atoms with E-state index < -0.39 is 0 Å². The average Bonchev–Trinajstić information content (AvgIpc) is 3.00. The van der Waals surface area contributed by atoms with Gasteiger partial charge < -0.3 is 9.32 Å². The maximum Gasteiger partial charge on any atom is 0.294 e. The van der Waals surface area contributed by atoms with Crippen LogP contribution >= 0.6 is 0 Å². The second-order valence-electron chi connectivity index (χ2n) is 5.29. The number of fused-ring (bicyclic) bond motifs is 1. The summed E-state index contributed by atoms with van der Waals surface area (Å²) in [6, 6.07) is 19.3. The van der Waals surface area contributed by atoms with Gasteiger partial charge in [-0.05, 0) is 30.7 Å². The van der Waals surface area contributed by atoms with Gasteiger partial charge in [0, 0.05) is 17.6 Å². The zero-order valence-electron chi connectivity index (χ0n) is 12.7. The molecule has 0 fully saturated rings. The van der Waals surface area contributed by atoms with Crippen LogP contribution in [0.25, 0.3) is 11.0 Å². The SMILES string of the molecule is CCCCN(C(=O)c1cc2ccccc2o1)c1ccccc1. The molecule has 0 unspecified atom stereocenters. The van der Waals surface area contributed by atoms with Gasteiger partial charge in [-0.2, -0.15) is 0 Å². The summed E-state index contributed by atoms with van der Waals surface area (Å²) >= 11 is 0. The number of carbonyl (C=O) groups is 1. The maximum atomic E-state index is 12.9. The molecule has 3 rings (SSSR count). The number of furan rings is 1. The lowest BCUT2D eigenvalue weighted by Gasteiger charge is -2.21. The molecule has 0 aliphatic rings. The molecule has 0 radical (unpaired) electrons. The number of hydrogen-bond donors (Lipinski definition) is 0. The minimum Gasteiger partial charge on any atom is -0.451 e. The molecule has 2 aromatic carbocycles. The van der Waals surface area contributed by atoms with E-state index in [1.165, 1.54) is 0 Å². The monoisotopic (exact) mass is 293 g/mol. The maximum absolute atomic E-state index is 12.9. The summed E-state index contributed by atoms with van der Waals surface area (Å²) in [4.78, 5) is 14.6. The van der Waals surface area contributed by atoms with E-state index in [-0.39, 0.29) is 5.91 Å². The predicted molar refractivity (Wildman–Crippen MR) is 89.2 cm³/mol. The number of carbonyl (C=O) groups excluding carboxylic acids is 1. The van der Waals surface area contributed by atoms with Crippen molar-refractivity contribution in [3.63, 3.8) is 0 Å². The van der Waals surface area contributed by atoms with Crippen LogP contribution in [0.5, 0.6) is 0 Å². The van der Waals surface area contributed by atoms with E-state index in [9.17, 15) is 4.79 Å². The molecule has 1 amide bonds. The first-order valence-corrected chi connectivity index (χ1v) is 7.65. The zero-order chi connectivity index (χ0) is 15.4. The van der Waals surface area contributed by atoms with Crippen molar-refractivity contribution >= 4 is 22.6 Å². The minimum absolute atomic E-state index is 0.0872. The Morgan fingerprint density at radius 3 is 2.50 bits per heavy atom. The number of hydrogen-bond acceptors (Lipinski definition) is 2. The minimum atomic E-state index is -0.0872. The number of nitrogens with zero attached hydrogens (tertiary/aromatic N) is 1. The van der Waals surface area contributed by atoms with Gasteiger partial charge in [0.2, 0.25) is 0 Å². The molecule has 3 heteroatoms. The molecule has 3 nitrogen and oxygen atoms in total. The molecule has 0 saturated heterocycles. The summed E-state index contributed by atoms with van der Waals surface area (Å²) < 4.78 is 5.72. The van der Waals surface area contributed by atoms with E-state index in [2.05, 4.69) is 6.92 Å². The Hall–Kier alpha value is -2.55. The van der Waals surface area contributed by atoms with Crippen molar-refractivity contribution in [2.45, 2.75) is 19.8 Å². The molecular weight excluding hydrogens is 274 g/mol. The van der Waals surface area contributed by atoms with Crippen LogP contribution in [0.4, 0.5) is 5.69 Å². The van der Waals surface area contributed by atoms with E-state index in [0.29, 0.717) is 12.3 Å². The molecule has 3 aromatic rings. The van der Waals surface area contributed by atoms with Crippen molar-refractivity contribution in [2.24, 2.45) is 0 Å². The summed E-state index contributed by atoms with van der Waals surface area (Å²) in [5.41, 5.74) is 1.65. The highest BCUT2D eigenvalue weighted by molar-refractivity contribution is 6.06. The smallest absolute Gasteiger partial charge is 0.294 e. The van der Waals surface area contributed by atoms with Crippen LogP contribution in [0.1, 0.15) is 30.3 Å². The quantitative estimate of drug-likeness (QED) is 0.671. The van der Waals surface area contributed by atoms with E-state index in [1.54, 1.807) is 4.90 Å². The lowest BCUT2D eigenvalue weighted by molar-refractivity contribution is 0.0962. The van der Waals surface area contributed by atoms with Gasteiger partial charge >= 0.3 is 0 Å². The van der Waals surface area contributed by atoms with Crippen LogP contribution < -0.4 is 4.90 Å². The Morgan fingerprint density at radius 1 is 1.05 bits per heavy atom. The first-order chi connectivity index (χ1) is 10.8. The summed E-state index contributed by atoms with van der Waals surface area (Å²) in [6.45, 7) is 2.81. The number of para-hydroxylation sites is 2. The Bertz CT molecular complexity index is 728. The number of amides is 1. The van der Waals surface area contributed by atoms with E-state index >= 15 is 0 Å². The predicted octanol–water partition coefficient (Wildman–Crippen LogP) is 4.88. The highest BCUT2D eigenvalue weighted by Crippen LogP contribution is 2.23. The fourth-order valence-electron chi connectivity index (χ4n) is 2.49. The number of unbranched alkanes of at least 4 members (excludes halogenated alkanes) is 1. The van der Waals surface area contributed by atoms with Gasteiger partial charge in [-0.1, -0.05) is 49.7 Å². The average molecular weight is 293 g/mol. The summed E-state index contributed by atoms with van der Waals surface area (Å²) in [5, 5.41) is 0.953. The van der Waals surface area contributed by atoms with Gasteiger partial charge in [0.15, 0.2) is 5.76 Å². The van der Waals surface area contributed by atoms with Crippen LogP contribution in [0.2, 0.25) is 0 Å². The second-order valence-corrected chi connectivity index (χ2v) is 5.29. The fraction of sp³-hybridized carbons (Fsp3) is 0.211. The van der Waals surface area contributed by atoms with E-state index in [1.807, 2.05) is 60.7 Å². The molecule has 0 spiro atoms. The molecule has 22 heavy (non-hydrogen) atoms. The van der Waals surface area contributed by atoms with Gasteiger partial charge in [0.05, 0.1) is 0 Å².